The van der Waals surface area contributed by atoms with Crippen molar-refractivity contribution in [2.75, 3.05) is 48.0 Å². The van der Waals surface area contributed by atoms with E-state index in [1.165, 1.54) is 0 Å². The summed E-state index contributed by atoms with van der Waals surface area (Å²) < 4.78 is 15.9. The molecule has 1 amide bonds. The summed E-state index contributed by atoms with van der Waals surface area (Å²) in [6, 6.07) is 3.58. The van der Waals surface area contributed by atoms with Crippen LogP contribution in [0.15, 0.2) is 12.1 Å². The van der Waals surface area contributed by atoms with E-state index in [0.717, 1.165) is 13.1 Å². The number of carbonyl (C=O) groups is 1. The minimum Gasteiger partial charge on any atom is -0.493 e. The van der Waals surface area contributed by atoms with Gasteiger partial charge >= 0.3 is 0 Å². The largest absolute Gasteiger partial charge is 0.493 e. The highest BCUT2D eigenvalue weighted by Crippen LogP contribution is 2.38. The van der Waals surface area contributed by atoms with Crippen LogP contribution in [-0.2, 0) is 0 Å². The van der Waals surface area contributed by atoms with E-state index in [4.69, 9.17) is 14.2 Å². The van der Waals surface area contributed by atoms with E-state index in [-0.39, 0.29) is 11.9 Å². The molecule has 0 saturated carbocycles. The quantitative estimate of drug-likeness (QED) is 0.843. The van der Waals surface area contributed by atoms with Gasteiger partial charge in [-0.25, -0.2) is 0 Å². The van der Waals surface area contributed by atoms with Gasteiger partial charge < -0.3 is 24.0 Å². The van der Waals surface area contributed by atoms with E-state index in [1.807, 2.05) is 4.90 Å². The number of hydrogen-bond donors (Lipinski definition) is 0. The van der Waals surface area contributed by atoms with E-state index in [2.05, 4.69) is 18.9 Å². The SMILES string of the molecule is COc1cc(C(=O)N2CCN(C)CC2C)cc(OC)c1OC. The first-order chi connectivity index (χ1) is 10.5. The van der Waals surface area contributed by atoms with E-state index < -0.39 is 0 Å². The molecule has 1 aliphatic rings. The maximum Gasteiger partial charge on any atom is 0.254 e. The number of methoxy groups -OCH3 is 3. The number of ether oxygens (including phenoxy) is 3. The molecule has 1 aromatic rings. The molecule has 0 N–H and O–H groups in total. The first-order valence-corrected chi connectivity index (χ1v) is 7.31. The summed E-state index contributed by atoms with van der Waals surface area (Å²) in [6.07, 6.45) is 0. The third-order valence-electron chi connectivity index (χ3n) is 4.00. The molecule has 1 fully saturated rings. The highest BCUT2D eigenvalue weighted by Gasteiger charge is 2.28. The zero-order valence-corrected chi connectivity index (χ0v) is 13.9. The average Bonchev–Trinajstić information content (AvgIpc) is 2.52. The highest BCUT2D eigenvalue weighted by molar-refractivity contribution is 5.96. The zero-order chi connectivity index (χ0) is 16.3. The Balaban J connectivity index is 2.33. The predicted molar refractivity (Wildman–Crippen MR) is 84.1 cm³/mol. The second kappa shape index (κ2) is 6.87. The first-order valence-electron chi connectivity index (χ1n) is 7.31. The summed E-state index contributed by atoms with van der Waals surface area (Å²) in [4.78, 5) is 16.9. The van der Waals surface area contributed by atoms with Crippen molar-refractivity contribution in [3.05, 3.63) is 17.7 Å². The molecular formula is C16H24N2O4. The second-order valence-corrected chi connectivity index (χ2v) is 5.52. The molecule has 1 heterocycles. The van der Waals surface area contributed by atoms with Gasteiger partial charge in [-0.1, -0.05) is 0 Å². The van der Waals surface area contributed by atoms with Crippen LogP contribution in [0.1, 0.15) is 17.3 Å². The molecular weight excluding hydrogens is 284 g/mol. The number of piperazine rings is 1. The smallest absolute Gasteiger partial charge is 0.254 e. The minimum absolute atomic E-state index is 0.0140. The Bertz CT molecular complexity index is 522. The Morgan fingerprint density at radius 1 is 1.09 bits per heavy atom. The number of likely N-dealkylation sites (N-methyl/N-ethyl adjacent to an activating group) is 1. The third-order valence-corrected chi connectivity index (χ3v) is 4.00. The van der Waals surface area contributed by atoms with Crippen molar-refractivity contribution in [2.45, 2.75) is 13.0 Å². The van der Waals surface area contributed by atoms with E-state index in [1.54, 1.807) is 33.5 Å². The maximum absolute atomic E-state index is 12.8. The molecule has 0 radical (unpaired) electrons. The topological polar surface area (TPSA) is 51.2 Å². The van der Waals surface area contributed by atoms with Gasteiger partial charge in [0.2, 0.25) is 5.75 Å². The summed E-state index contributed by atoms with van der Waals surface area (Å²) in [5.74, 6) is 1.46. The standard InChI is InChI=1S/C16H24N2O4/c1-11-10-17(2)6-7-18(11)16(19)12-8-13(20-3)15(22-5)14(9-12)21-4/h8-9,11H,6-7,10H2,1-5H3. The average molecular weight is 308 g/mol. The summed E-state index contributed by atoms with van der Waals surface area (Å²) in [5.41, 5.74) is 0.547. The summed E-state index contributed by atoms with van der Waals surface area (Å²) >= 11 is 0. The molecule has 0 aromatic heterocycles. The molecule has 6 heteroatoms. The van der Waals surface area contributed by atoms with Gasteiger partial charge in [-0.2, -0.15) is 0 Å². The van der Waals surface area contributed by atoms with Gasteiger partial charge in [0.05, 0.1) is 21.3 Å². The molecule has 1 aromatic carbocycles. The van der Waals surface area contributed by atoms with Crippen molar-refractivity contribution >= 4 is 5.91 Å². The number of amides is 1. The number of carbonyl (C=O) groups excluding carboxylic acids is 1. The van der Waals surface area contributed by atoms with Crippen LogP contribution in [0.4, 0.5) is 0 Å². The van der Waals surface area contributed by atoms with E-state index >= 15 is 0 Å². The number of nitrogens with zero attached hydrogens (tertiary/aromatic N) is 2. The third kappa shape index (κ3) is 3.11. The van der Waals surface area contributed by atoms with Gasteiger partial charge in [-0.15, -0.1) is 0 Å². The van der Waals surface area contributed by atoms with Crippen molar-refractivity contribution in [2.24, 2.45) is 0 Å². The van der Waals surface area contributed by atoms with Crippen LogP contribution in [0.5, 0.6) is 17.2 Å². The minimum atomic E-state index is -0.0140. The lowest BCUT2D eigenvalue weighted by Crippen LogP contribution is -2.52. The summed E-state index contributed by atoms with van der Waals surface area (Å²) in [6.45, 7) is 4.52. The Hall–Kier alpha value is -1.95. The summed E-state index contributed by atoms with van der Waals surface area (Å²) in [7, 11) is 6.70. The zero-order valence-electron chi connectivity index (χ0n) is 13.9. The normalized spacial score (nSPS) is 19.0. The highest BCUT2D eigenvalue weighted by atomic mass is 16.5. The second-order valence-electron chi connectivity index (χ2n) is 5.52. The number of hydrogen-bond acceptors (Lipinski definition) is 5. The molecule has 1 aliphatic heterocycles. The van der Waals surface area contributed by atoms with Crippen LogP contribution >= 0.6 is 0 Å². The van der Waals surface area contributed by atoms with Crippen LogP contribution in [0.3, 0.4) is 0 Å². The maximum atomic E-state index is 12.8. The lowest BCUT2D eigenvalue weighted by Gasteiger charge is -2.38. The fraction of sp³-hybridized carbons (Fsp3) is 0.562. The van der Waals surface area contributed by atoms with E-state index in [0.29, 0.717) is 29.4 Å². The molecule has 1 saturated heterocycles. The molecule has 6 nitrogen and oxygen atoms in total. The Morgan fingerprint density at radius 3 is 2.14 bits per heavy atom. The van der Waals surface area contributed by atoms with Gasteiger partial charge in [0.15, 0.2) is 11.5 Å². The van der Waals surface area contributed by atoms with Crippen molar-refractivity contribution in [3.8, 4) is 17.2 Å². The van der Waals surface area contributed by atoms with Gasteiger partial charge in [0, 0.05) is 31.2 Å². The fourth-order valence-corrected chi connectivity index (χ4v) is 2.81. The van der Waals surface area contributed by atoms with Gasteiger partial charge in [-0.05, 0) is 26.1 Å². The van der Waals surface area contributed by atoms with Crippen LogP contribution in [0.2, 0.25) is 0 Å². The molecule has 22 heavy (non-hydrogen) atoms. The fourth-order valence-electron chi connectivity index (χ4n) is 2.81. The van der Waals surface area contributed by atoms with Gasteiger partial charge in [0.25, 0.3) is 5.91 Å². The van der Waals surface area contributed by atoms with Crippen molar-refractivity contribution in [1.82, 2.24) is 9.80 Å². The monoisotopic (exact) mass is 308 g/mol. The van der Waals surface area contributed by atoms with Crippen molar-refractivity contribution in [1.29, 1.82) is 0 Å². The number of benzene rings is 1. The molecule has 2 rings (SSSR count). The van der Waals surface area contributed by atoms with E-state index in [9.17, 15) is 4.79 Å². The summed E-state index contributed by atoms with van der Waals surface area (Å²) in [5, 5.41) is 0. The predicted octanol–water partition coefficient (Wildman–Crippen LogP) is 1.49. The molecule has 0 aliphatic carbocycles. The molecule has 1 atom stereocenters. The Kier molecular flexibility index (Phi) is 5.13. The number of rotatable bonds is 4. The Morgan fingerprint density at radius 2 is 1.68 bits per heavy atom. The van der Waals surface area contributed by atoms with Crippen molar-refractivity contribution < 1.29 is 19.0 Å². The van der Waals surface area contributed by atoms with Crippen LogP contribution in [0, 0.1) is 0 Å². The van der Waals surface area contributed by atoms with Crippen molar-refractivity contribution in [3.63, 3.8) is 0 Å². The van der Waals surface area contributed by atoms with Crippen LogP contribution < -0.4 is 14.2 Å². The van der Waals surface area contributed by atoms with Crippen LogP contribution in [0.25, 0.3) is 0 Å². The Labute approximate surface area is 131 Å². The molecule has 1 unspecified atom stereocenters. The molecule has 122 valence electrons. The first kappa shape index (κ1) is 16.4. The molecule has 0 bridgehead atoms. The lowest BCUT2D eigenvalue weighted by molar-refractivity contribution is 0.0533. The van der Waals surface area contributed by atoms with Gasteiger partial charge in [-0.3, -0.25) is 4.79 Å². The molecule has 0 spiro atoms. The lowest BCUT2D eigenvalue weighted by atomic mass is 10.1. The van der Waals surface area contributed by atoms with Gasteiger partial charge in [0.1, 0.15) is 0 Å². The van der Waals surface area contributed by atoms with Crippen LogP contribution in [-0.4, -0.2) is 69.8 Å².